The van der Waals surface area contributed by atoms with Gasteiger partial charge in [0.05, 0.1) is 0 Å². The van der Waals surface area contributed by atoms with Crippen molar-refractivity contribution in [2.75, 3.05) is 13.1 Å². The van der Waals surface area contributed by atoms with Gasteiger partial charge in [-0.15, -0.1) is 0 Å². The van der Waals surface area contributed by atoms with Crippen LogP contribution in [-0.4, -0.2) is 13.1 Å². The van der Waals surface area contributed by atoms with E-state index >= 15 is 0 Å². The van der Waals surface area contributed by atoms with Crippen molar-refractivity contribution in [2.45, 2.75) is 12.8 Å². The zero-order valence-electron chi connectivity index (χ0n) is 7.94. The number of rotatable bonds is 0. The van der Waals surface area contributed by atoms with E-state index in [1.54, 1.807) is 12.1 Å². The van der Waals surface area contributed by atoms with E-state index in [0.717, 1.165) is 37.1 Å². The van der Waals surface area contributed by atoms with Crippen LogP contribution in [-0.2, 0) is 6.42 Å². The third-order valence-corrected chi connectivity index (χ3v) is 3.17. The summed E-state index contributed by atoms with van der Waals surface area (Å²) in [6, 6.07) is 5.40. The summed E-state index contributed by atoms with van der Waals surface area (Å²) in [5.74, 6) is -0.0445. The normalized spacial score (nSPS) is 19.5. The second-order valence-electron chi connectivity index (χ2n) is 3.95. The molecule has 1 aromatic carbocycles. The molecule has 0 bridgehead atoms. The highest BCUT2D eigenvalue weighted by Gasteiger charge is 2.25. The monoisotopic (exact) mass is 189 g/mol. The molecule has 1 N–H and O–H groups in total. The number of fused-ring (bicyclic) bond motifs is 2. The Labute approximate surface area is 82.6 Å². The zero-order valence-corrected chi connectivity index (χ0v) is 7.94. The third kappa shape index (κ3) is 1.04. The van der Waals surface area contributed by atoms with E-state index in [9.17, 15) is 4.39 Å². The molecule has 0 radical (unpaired) electrons. The summed E-state index contributed by atoms with van der Waals surface area (Å²) in [5, 5.41) is 3.34. The number of hydrogen-bond acceptors (Lipinski definition) is 1. The van der Waals surface area contributed by atoms with Crippen LogP contribution in [0.1, 0.15) is 17.5 Å². The lowest BCUT2D eigenvalue weighted by Gasteiger charge is -2.15. The van der Waals surface area contributed by atoms with Crippen LogP contribution in [0.3, 0.4) is 0 Å². The average molecular weight is 189 g/mol. The van der Waals surface area contributed by atoms with E-state index in [1.807, 2.05) is 6.07 Å². The molecular weight excluding hydrogens is 177 g/mol. The fraction of sp³-hybridized carbons (Fsp3) is 0.333. The lowest BCUT2D eigenvalue weighted by atomic mass is 10.0. The van der Waals surface area contributed by atoms with Crippen molar-refractivity contribution in [3.8, 4) is 0 Å². The van der Waals surface area contributed by atoms with Crippen LogP contribution >= 0.6 is 0 Å². The summed E-state index contributed by atoms with van der Waals surface area (Å²) in [6.45, 7) is 1.94. The van der Waals surface area contributed by atoms with Crippen molar-refractivity contribution in [1.82, 2.24) is 5.32 Å². The standard InChI is InChI=1S/C12H12FN/c13-12-3-1-2-9-10(12)6-8-4-5-14-7-11(8)9/h1-3,14H,4-7H2. The Morgan fingerprint density at radius 3 is 3.14 bits per heavy atom. The third-order valence-electron chi connectivity index (χ3n) is 3.17. The van der Waals surface area contributed by atoms with Gasteiger partial charge >= 0.3 is 0 Å². The molecule has 1 aromatic rings. The molecule has 0 saturated carbocycles. The number of hydrogen-bond donors (Lipinski definition) is 1. The Balaban J connectivity index is 2.14. The predicted molar refractivity (Wildman–Crippen MR) is 54.5 cm³/mol. The van der Waals surface area contributed by atoms with Crippen LogP contribution < -0.4 is 5.32 Å². The Bertz CT molecular complexity index is 420. The molecule has 14 heavy (non-hydrogen) atoms. The molecule has 0 aromatic heterocycles. The number of halogens is 1. The summed E-state index contributed by atoms with van der Waals surface area (Å²) in [7, 11) is 0. The van der Waals surface area contributed by atoms with Gasteiger partial charge in [-0.1, -0.05) is 17.7 Å². The fourth-order valence-corrected chi connectivity index (χ4v) is 2.44. The molecule has 2 aliphatic rings. The molecule has 72 valence electrons. The van der Waals surface area contributed by atoms with Crippen molar-refractivity contribution in [1.29, 1.82) is 0 Å². The Morgan fingerprint density at radius 1 is 1.29 bits per heavy atom. The molecule has 3 rings (SSSR count). The summed E-state index contributed by atoms with van der Waals surface area (Å²) in [6.07, 6.45) is 1.91. The predicted octanol–water partition coefficient (Wildman–Crippen LogP) is 2.13. The topological polar surface area (TPSA) is 12.0 Å². The van der Waals surface area contributed by atoms with E-state index < -0.39 is 0 Å². The van der Waals surface area contributed by atoms with Crippen molar-refractivity contribution in [3.05, 3.63) is 40.7 Å². The molecule has 0 fully saturated rings. The first-order valence-corrected chi connectivity index (χ1v) is 5.05. The quantitative estimate of drug-likeness (QED) is 0.659. The van der Waals surface area contributed by atoms with Crippen molar-refractivity contribution >= 4 is 5.57 Å². The van der Waals surface area contributed by atoms with Gasteiger partial charge in [0, 0.05) is 6.54 Å². The van der Waals surface area contributed by atoms with Gasteiger partial charge in [-0.05, 0) is 42.2 Å². The van der Waals surface area contributed by atoms with Gasteiger partial charge in [0.2, 0.25) is 0 Å². The number of benzene rings is 1. The van der Waals surface area contributed by atoms with Crippen molar-refractivity contribution in [3.63, 3.8) is 0 Å². The van der Waals surface area contributed by atoms with Crippen molar-refractivity contribution < 1.29 is 4.39 Å². The van der Waals surface area contributed by atoms with Crippen LogP contribution in [0.4, 0.5) is 4.39 Å². The van der Waals surface area contributed by atoms with Crippen LogP contribution in [0.15, 0.2) is 23.8 Å². The molecule has 1 nitrogen and oxygen atoms in total. The first-order valence-electron chi connectivity index (χ1n) is 5.05. The minimum atomic E-state index is -0.0445. The summed E-state index contributed by atoms with van der Waals surface area (Å²) < 4.78 is 13.5. The van der Waals surface area contributed by atoms with Gasteiger partial charge < -0.3 is 5.32 Å². The van der Waals surface area contributed by atoms with Crippen LogP contribution in [0.5, 0.6) is 0 Å². The van der Waals surface area contributed by atoms with Gasteiger partial charge in [0.15, 0.2) is 0 Å². The maximum absolute atomic E-state index is 13.5. The first-order chi connectivity index (χ1) is 6.86. The molecule has 1 aliphatic heterocycles. The Kier molecular flexibility index (Phi) is 1.71. The first kappa shape index (κ1) is 8.18. The number of nitrogens with one attached hydrogen (secondary N) is 1. The maximum atomic E-state index is 13.5. The average Bonchev–Trinajstić information content (AvgIpc) is 2.59. The summed E-state index contributed by atoms with van der Waals surface area (Å²) >= 11 is 0. The molecule has 1 aliphatic carbocycles. The molecule has 2 heteroatoms. The molecule has 0 spiro atoms. The summed E-state index contributed by atoms with van der Waals surface area (Å²) in [5.41, 5.74) is 4.81. The van der Waals surface area contributed by atoms with Crippen LogP contribution in [0.2, 0.25) is 0 Å². The largest absolute Gasteiger partial charge is 0.312 e. The lowest BCUT2D eigenvalue weighted by molar-refractivity contribution is 0.613. The highest BCUT2D eigenvalue weighted by molar-refractivity contribution is 5.78. The van der Waals surface area contributed by atoms with Crippen molar-refractivity contribution in [2.24, 2.45) is 0 Å². The highest BCUT2D eigenvalue weighted by Crippen LogP contribution is 2.36. The van der Waals surface area contributed by atoms with Gasteiger partial charge in [-0.25, -0.2) is 4.39 Å². The van der Waals surface area contributed by atoms with Gasteiger partial charge in [0.1, 0.15) is 5.82 Å². The zero-order chi connectivity index (χ0) is 9.54. The Morgan fingerprint density at radius 2 is 2.21 bits per heavy atom. The van der Waals surface area contributed by atoms with Gasteiger partial charge in [-0.3, -0.25) is 0 Å². The van der Waals surface area contributed by atoms with Gasteiger partial charge in [0.25, 0.3) is 0 Å². The maximum Gasteiger partial charge on any atom is 0.127 e. The van der Waals surface area contributed by atoms with E-state index in [2.05, 4.69) is 5.32 Å². The van der Waals surface area contributed by atoms with E-state index in [-0.39, 0.29) is 5.82 Å². The van der Waals surface area contributed by atoms with Crippen LogP contribution in [0.25, 0.3) is 5.57 Å². The SMILES string of the molecule is Fc1cccc2c1CC1=C2CNCC1. The second-order valence-corrected chi connectivity index (χ2v) is 3.95. The molecule has 0 unspecified atom stereocenters. The Hall–Kier alpha value is -1.15. The molecule has 0 atom stereocenters. The van der Waals surface area contributed by atoms with E-state index in [1.165, 1.54) is 11.1 Å². The highest BCUT2D eigenvalue weighted by atomic mass is 19.1. The lowest BCUT2D eigenvalue weighted by Crippen LogP contribution is -2.22. The fourth-order valence-electron chi connectivity index (χ4n) is 2.44. The van der Waals surface area contributed by atoms with E-state index in [0.29, 0.717) is 0 Å². The van der Waals surface area contributed by atoms with Gasteiger partial charge in [-0.2, -0.15) is 0 Å². The van der Waals surface area contributed by atoms with E-state index in [4.69, 9.17) is 0 Å². The second kappa shape index (κ2) is 2.92. The molecule has 0 amide bonds. The summed E-state index contributed by atoms with van der Waals surface area (Å²) in [4.78, 5) is 0. The van der Waals surface area contributed by atoms with Crippen LogP contribution in [0, 0.1) is 5.82 Å². The molecule has 1 heterocycles. The minimum Gasteiger partial charge on any atom is -0.312 e. The minimum absolute atomic E-state index is 0.0445. The smallest absolute Gasteiger partial charge is 0.127 e. The molecular formula is C12H12FN. The molecule has 0 saturated heterocycles.